The number of hydrogen-bond donors (Lipinski definition) is 2. The molecule has 3 N–H and O–H groups in total. The van der Waals surface area contributed by atoms with Crippen molar-refractivity contribution in [1.29, 1.82) is 0 Å². The molecule has 0 aliphatic carbocycles. The topological polar surface area (TPSA) is 133 Å². The number of nitrogens with two attached hydrogens (primary N) is 1. The van der Waals surface area contributed by atoms with Crippen LogP contribution >= 0.6 is 23.1 Å². The van der Waals surface area contributed by atoms with Crippen LogP contribution in [-0.2, 0) is 14.4 Å². The van der Waals surface area contributed by atoms with E-state index in [-0.39, 0.29) is 30.5 Å². The first-order valence-corrected chi connectivity index (χ1v) is 11.4. The third kappa shape index (κ3) is 5.07. The first-order valence-electron chi connectivity index (χ1n) is 9.57. The number of amides is 3. The number of nitrogens with zero attached hydrogens (tertiary/aromatic N) is 2. The number of aromatic nitrogens is 1. The number of carbonyl (C=O) groups excluding carboxylic acids is 3. The van der Waals surface area contributed by atoms with Crippen LogP contribution in [0.5, 0.6) is 17.2 Å². The Kier molecular flexibility index (Phi) is 7.46. The minimum Gasteiger partial charge on any atom is -0.493 e. The molecule has 1 aliphatic rings. The number of methoxy groups -OCH3 is 3. The second-order valence-electron chi connectivity index (χ2n) is 6.93. The zero-order valence-corrected chi connectivity index (χ0v) is 19.7. The Bertz CT molecular complexity index is 1020. The van der Waals surface area contributed by atoms with Crippen molar-refractivity contribution in [3.63, 3.8) is 0 Å². The summed E-state index contributed by atoms with van der Waals surface area (Å²) in [6, 6.07) is 3.35. The van der Waals surface area contributed by atoms with Gasteiger partial charge in [0.05, 0.1) is 48.6 Å². The van der Waals surface area contributed by atoms with Crippen molar-refractivity contribution < 1.29 is 28.6 Å². The molecule has 3 rings (SSSR count). The third-order valence-electron chi connectivity index (χ3n) is 4.79. The van der Waals surface area contributed by atoms with Crippen LogP contribution < -0.4 is 30.2 Å². The van der Waals surface area contributed by atoms with Crippen LogP contribution in [0.15, 0.2) is 16.3 Å². The van der Waals surface area contributed by atoms with Gasteiger partial charge in [-0.25, -0.2) is 4.98 Å². The summed E-state index contributed by atoms with van der Waals surface area (Å²) < 4.78 is 16.8. The molecule has 32 heavy (non-hydrogen) atoms. The molecule has 1 unspecified atom stereocenters. The molecule has 1 atom stereocenters. The summed E-state index contributed by atoms with van der Waals surface area (Å²) in [6.07, 6.45) is 0.0656. The fraction of sp³-hybridized carbons (Fsp3) is 0.400. The van der Waals surface area contributed by atoms with Gasteiger partial charge in [-0.05, 0) is 6.92 Å². The molecular weight excluding hydrogens is 456 g/mol. The lowest BCUT2D eigenvalue weighted by Gasteiger charge is -2.20. The number of hydrogen-bond acceptors (Lipinski definition) is 9. The van der Waals surface area contributed by atoms with Crippen LogP contribution in [0.4, 0.5) is 10.8 Å². The summed E-state index contributed by atoms with van der Waals surface area (Å²) >= 11 is 2.54. The van der Waals surface area contributed by atoms with Gasteiger partial charge < -0.3 is 30.2 Å². The van der Waals surface area contributed by atoms with Crippen LogP contribution in [-0.4, -0.2) is 56.3 Å². The molecule has 1 aromatic heterocycles. The average molecular weight is 481 g/mol. The van der Waals surface area contributed by atoms with E-state index in [4.69, 9.17) is 19.9 Å². The summed E-state index contributed by atoms with van der Waals surface area (Å²) in [5.74, 6) is -0.0669. The van der Waals surface area contributed by atoms with Crippen LogP contribution in [0.1, 0.15) is 12.1 Å². The lowest BCUT2D eigenvalue weighted by molar-refractivity contribution is -0.122. The fourth-order valence-corrected chi connectivity index (χ4v) is 5.15. The fourth-order valence-electron chi connectivity index (χ4n) is 3.27. The molecule has 3 amide bonds. The molecule has 12 heteroatoms. The van der Waals surface area contributed by atoms with Gasteiger partial charge in [0.15, 0.2) is 16.6 Å². The molecule has 1 fully saturated rings. The van der Waals surface area contributed by atoms with Gasteiger partial charge >= 0.3 is 0 Å². The molecular formula is C20H24N4O6S2. The first-order chi connectivity index (χ1) is 15.3. The number of thiazole rings is 1. The normalized spacial score (nSPS) is 15.6. The summed E-state index contributed by atoms with van der Waals surface area (Å²) in [5, 5.41) is 3.19. The highest BCUT2D eigenvalue weighted by Crippen LogP contribution is 2.42. The van der Waals surface area contributed by atoms with Crippen molar-refractivity contribution >= 4 is 51.6 Å². The minimum absolute atomic E-state index is 0.0656. The SMILES string of the molecule is COc1cc(N2CC(C(=O)Nc3nc(C)c(SCC(N)=O)s3)CC2=O)cc(OC)c1OC. The zero-order valence-electron chi connectivity index (χ0n) is 18.1. The number of benzene rings is 1. The number of rotatable bonds is 9. The minimum atomic E-state index is -0.549. The Morgan fingerprint density at radius 2 is 1.91 bits per heavy atom. The van der Waals surface area contributed by atoms with Crippen LogP contribution in [0, 0.1) is 12.8 Å². The van der Waals surface area contributed by atoms with Gasteiger partial charge in [-0.15, -0.1) is 11.8 Å². The Labute approximate surface area is 193 Å². The number of primary amides is 1. The molecule has 1 saturated heterocycles. The molecule has 1 aliphatic heterocycles. The summed E-state index contributed by atoms with van der Waals surface area (Å²) in [5.41, 5.74) is 6.44. The van der Waals surface area contributed by atoms with Gasteiger partial charge in [-0.3, -0.25) is 14.4 Å². The second kappa shape index (κ2) is 10.1. The van der Waals surface area contributed by atoms with E-state index in [1.807, 2.05) is 0 Å². The Hall–Kier alpha value is -2.99. The highest BCUT2D eigenvalue weighted by molar-refractivity contribution is 8.01. The van der Waals surface area contributed by atoms with Gasteiger partial charge in [0, 0.05) is 25.1 Å². The number of anilines is 2. The third-order valence-corrected chi connectivity index (χ3v) is 7.24. The van der Waals surface area contributed by atoms with E-state index in [0.717, 1.165) is 4.21 Å². The quantitative estimate of drug-likeness (QED) is 0.521. The van der Waals surface area contributed by atoms with Crippen LogP contribution in [0.3, 0.4) is 0 Å². The standard InChI is InChI=1S/C20H24N4O6S2/c1-10-19(31-9-15(21)25)32-20(22-10)23-18(27)11-5-16(26)24(8-11)12-6-13(28-2)17(30-4)14(7-12)29-3/h6-7,11H,5,8-9H2,1-4H3,(H2,21,25)(H,22,23,27). The molecule has 0 bridgehead atoms. The highest BCUT2D eigenvalue weighted by atomic mass is 32.2. The molecule has 2 heterocycles. The maximum atomic E-state index is 12.8. The van der Waals surface area contributed by atoms with E-state index >= 15 is 0 Å². The molecule has 1 aromatic carbocycles. The van der Waals surface area contributed by atoms with Crippen LogP contribution in [0.25, 0.3) is 0 Å². The zero-order chi connectivity index (χ0) is 23.4. The molecule has 2 aromatic rings. The van der Waals surface area contributed by atoms with E-state index in [2.05, 4.69) is 10.3 Å². The van der Waals surface area contributed by atoms with Crippen molar-refractivity contribution in [1.82, 2.24) is 4.98 Å². The lowest BCUT2D eigenvalue weighted by atomic mass is 10.1. The van der Waals surface area contributed by atoms with Gasteiger partial charge in [-0.2, -0.15) is 0 Å². The smallest absolute Gasteiger partial charge is 0.231 e. The van der Waals surface area contributed by atoms with Gasteiger partial charge in [0.25, 0.3) is 0 Å². The van der Waals surface area contributed by atoms with E-state index in [1.165, 1.54) is 49.3 Å². The number of nitrogens with one attached hydrogen (secondary N) is 1. The van der Waals surface area contributed by atoms with Gasteiger partial charge in [-0.1, -0.05) is 11.3 Å². The first kappa shape index (κ1) is 23.7. The summed E-state index contributed by atoms with van der Waals surface area (Å²) in [4.78, 5) is 42.3. The maximum absolute atomic E-state index is 12.8. The van der Waals surface area contributed by atoms with E-state index in [9.17, 15) is 14.4 Å². The maximum Gasteiger partial charge on any atom is 0.231 e. The second-order valence-corrected chi connectivity index (χ2v) is 9.17. The van der Waals surface area contributed by atoms with Crippen molar-refractivity contribution in [2.45, 2.75) is 17.6 Å². The Balaban J connectivity index is 1.73. The monoisotopic (exact) mass is 480 g/mol. The van der Waals surface area contributed by atoms with Crippen molar-refractivity contribution in [3.05, 3.63) is 17.8 Å². The summed E-state index contributed by atoms with van der Waals surface area (Å²) in [6.45, 7) is 2.00. The number of aryl methyl sites for hydroxylation is 1. The van der Waals surface area contributed by atoms with Crippen molar-refractivity contribution in [2.24, 2.45) is 11.7 Å². The predicted molar refractivity (Wildman–Crippen MR) is 122 cm³/mol. The van der Waals surface area contributed by atoms with Crippen molar-refractivity contribution in [3.8, 4) is 17.2 Å². The number of thioether (sulfide) groups is 1. The molecule has 0 saturated carbocycles. The largest absolute Gasteiger partial charge is 0.493 e. The average Bonchev–Trinajstić information content (AvgIpc) is 3.32. The summed E-state index contributed by atoms with van der Waals surface area (Å²) in [7, 11) is 4.49. The van der Waals surface area contributed by atoms with Gasteiger partial charge in [0.2, 0.25) is 23.5 Å². The van der Waals surface area contributed by atoms with E-state index in [1.54, 1.807) is 19.1 Å². The van der Waals surface area contributed by atoms with E-state index in [0.29, 0.717) is 33.8 Å². The molecule has 0 spiro atoms. The molecule has 0 radical (unpaired) electrons. The Morgan fingerprint density at radius 3 is 2.47 bits per heavy atom. The van der Waals surface area contributed by atoms with Crippen molar-refractivity contribution in [2.75, 3.05) is 43.8 Å². The predicted octanol–water partition coefficient (Wildman–Crippen LogP) is 2.05. The number of ether oxygens (including phenoxy) is 3. The molecule has 172 valence electrons. The Morgan fingerprint density at radius 1 is 1.25 bits per heavy atom. The molecule has 10 nitrogen and oxygen atoms in total. The van der Waals surface area contributed by atoms with E-state index < -0.39 is 11.8 Å². The van der Waals surface area contributed by atoms with Crippen LogP contribution in [0.2, 0.25) is 0 Å². The van der Waals surface area contributed by atoms with Gasteiger partial charge in [0.1, 0.15) is 0 Å². The lowest BCUT2D eigenvalue weighted by Crippen LogP contribution is -2.28. The number of carbonyl (C=O) groups is 3. The highest BCUT2D eigenvalue weighted by Gasteiger charge is 2.36.